The van der Waals surface area contributed by atoms with Gasteiger partial charge >= 0.3 is 0 Å². The van der Waals surface area contributed by atoms with Crippen LogP contribution in [0.3, 0.4) is 0 Å². The van der Waals surface area contributed by atoms with Crippen LogP contribution in [0.5, 0.6) is 0 Å². The molecule has 2 N–H and O–H groups in total. The molecule has 168 valence electrons. The average Bonchev–Trinajstić information content (AvgIpc) is 2.99. The number of rotatable bonds is 3. The van der Waals surface area contributed by atoms with Crippen LogP contribution in [0.25, 0.3) is 0 Å². The molecule has 1 spiro atoms. The normalized spacial score (nSPS) is 23.3. The van der Waals surface area contributed by atoms with Crippen LogP contribution in [0.15, 0.2) is 34.2 Å². The molecule has 1 aliphatic carbocycles. The number of hydrogen-bond acceptors (Lipinski definition) is 5. The van der Waals surface area contributed by atoms with Gasteiger partial charge in [0.15, 0.2) is 0 Å². The van der Waals surface area contributed by atoms with Gasteiger partial charge in [-0.1, -0.05) is 43.9 Å². The second kappa shape index (κ2) is 9.98. The molecule has 30 heavy (non-hydrogen) atoms. The fourth-order valence-electron chi connectivity index (χ4n) is 5.01. The second-order valence-corrected chi connectivity index (χ2v) is 10.6. The number of piperidine rings is 1. The molecule has 8 heteroatoms. The lowest BCUT2D eigenvalue weighted by molar-refractivity contribution is 0.239. The number of aliphatic imine (C=N–C) groups is 1. The van der Waals surface area contributed by atoms with Crippen molar-refractivity contribution in [3.63, 3.8) is 0 Å². The molecule has 0 radical (unpaired) electrons. The van der Waals surface area contributed by atoms with Crippen LogP contribution >= 0.6 is 12.4 Å². The lowest BCUT2D eigenvalue weighted by Gasteiger charge is -2.45. The number of sulfonamides is 1. The van der Waals surface area contributed by atoms with E-state index in [1.165, 1.54) is 38.5 Å². The monoisotopic (exact) mass is 454 g/mol. The Morgan fingerprint density at radius 2 is 1.77 bits per heavy atom. The molecule has 2 heterocycles. The lowest BCUT2D eigenvalue weighted by atomic mass is 9.85. The van der Waals surface area contributed by atoms with Gasteiger partial charge in [0.2, 0.25) is 10.0 Å². The standard InChI is InChI=1S/C22H34N4O2S.ClH/c1-18-8-6-7-11-20(18)29(27,28)26-16-12-22(13-17-26)21(23-14-15-24-22)25-19-9-4-2-3-5-10-19;/h6-8,11,19,24H,2-5,9-10,12-17H2,1H3,(H,23,25);1H. The molecule has 4 rings (SSSR count). The van der Waals surface area contributed by atoms with E-state index in [0.29, 0.717) is 24.0 Å². The van der Waals surface area contributed by atoms with E-state index >= 15 is 0 Å². The lowest BCUT2D eigenvalue weighted by Crippen LogP contribution is -2.65. The highest BCUT2D eigenvalue weighted by Crippen LogP contribution is 2.30. The highest BCUT2D eigenvalue weighted by molar-refractivity contribution is 7.89. The Morgan fingerprint density at radius 1 is 1.10 bits per heavy atom. The summed E-state index contributed by atoms with van der Waals surface area (Å²) >= 11 is 0. The molecule has 6 nitrogen and oxygen atoms in total. The van der Waals surface area contributed by atoms with Crippen LogP contribution in [-0.2, 0) is 10.0 Å². The molecule has 0 unspecified atom stereocenters. The Balaban J connectivity index is 0.00000256. The number of halogens is 1. The molecule has 1 aromatic carbocycles. The summed E-state index contributed by atoms with van der Waals surface area (Å²) in [5, 5.41) is 7.47. The van der Waals surface area contributed by atoms with E-state index < -0.39 is 10.0 Å². The van der Waals surface area contributed by atoms with Crippen molar-refractivity contribution in [2.24, 2.45) is 4.99 Å². The summed E-state index contributed by atoms with van der Waals surface area (Å²) in [6.45, 7) is 4.56. The zero-order valence-electron chi connectivity index (χ0n) is 17.9. The molecule has 1 aromatic rings. The van der Waals surface area contributed by atoms with Gasteiger partial charge in [-0.25, -0.2) is 8.42 Å². The first-order chi connectivity index (χ1) is 14.0. The summed E-state index contributed by atoms with van der Waals surface area (Å²) in [5.41, 5.74) is 0.600. The number of amidine groups is 1. The van der Waals surface area contributed by atoms with E-state index in [9.17, 15) is 8.42 Å². The SMILES string of the molecule is Cc1ccccc1S(=O)(=O)N1CCC2(CC1)NCCN=C2NC1CCCCCC1.Cl. The van der Waals surface area contributed by atoms with Crippen molar-refractivity contribution < 1.29 is 8.42 Å². The minimum atomic E-state index is -3.45. The number of aryl methyl sites for hydroxylation is 1. The fraction of sp³-hybridized carbons (Fsp3) is 0.682. The smallest absolute Gasteiger partial charge is 0.243 e. The van der Waals surface area contributed by atoms with Gasteiger partial charge in [-0.05, 0) is 44.2 Å². The van der Waals surface area contributed by atoms with Crippen molar-refractivity contribution in [3.05, 3.63) is 29.8 Å². The van der Waals surface area contributed by atoms with Gasteiger partial charge in [-0.3, -0.25) is 4.99 Å². The Bertz CT molecular complexity index is 842. The zero-order chi connectivity index (χ0) is 20.3. The van der Waals surface area contributed by atoms with E-state index in [0.717, 1.165) is 37.3 Å². The maximum absolute atomic E-state index is 13.2. The number of nitrogens with one attached hydrogen (secondary N) is 2. The molecule has 2 fully saturated rings. The van der Waals surface area contributed by atoms with E-state index in [1.807, 2.05) is 19.1 Å². The highest BCUT2D eigenvalue weighted by atomic mass is 35.5. The molecular formula is C22H35ClN4O2S. The minimum Gasteiger partial charge on any atom is -0.370 e. The highest BCUT2D eigenvalue weighted by Gasteiger charge is 2.43. The first-order valence-electron chi connectivity index (χ1n) is 11.1. The van der Waals surface area contributed by atoms with Crippen LogP contribution in [0.4, 0.5) is 0 Å². The summed E-state index contributed by atoms with van der Waals surface area (Å²) < 4.78 is 28.0. The van der Waals surface area contributed by atoms with Crippen LogP contribution in [0.2, 0.25) is 0 Å². The average molecular weight is 455 g/mol. The molecule has 1 saturated carbocycles. The first kappa shape index (κ1) is 23.5. The maximum Gasteiger partial charge on any atom is 0.243 e. The van der Waals surface area contributed by atoms with Gasteiger partial charge in [0.05, 0.1) is 17.0 Å². The van der Waals surface area contributed by atoms with E-state index in [2.05, 4.69) is 10.6 Å². The summed E-state index contributed by atoms with van der Waals surface area (Å²) in [4.78, 5) is 5.29. The third kappa shape index (κ3) is 4.85. The predicted molar refractivity (Wildman–Crippen MR) is 124 cm³/mol. The topological polar surface area (TPSA) is 73.8 Å². The Labute approximate surface area is 187 Å². The van der Waals surface area contributed by atoms with Gasteiger partial charge in [-0.15, -0.1) is 12.4 Å². The Hall–Kier alpha value is -1.15. The predicted octanol–water partition coefficient (Wildman–Crippen LogP) is 3.25. The minimum absolute atomic E-state index is 0. The summed E-state index contributed by atoms with van der Waals surface area (Å²) in [7, 11) is -3.45. The van der Waals surface area contributed by atoms with Crippen LogP contribution in [-0.4, -0.2) is 56.3 Å². The molecule has 3 aliphatic rings. The number of hydrogen-bond donors (Lipinski definition) is 2. The van der Waals surface area contributed by atoms with Gasteiger partial charge in [0, 0.05) is 25.7 Å². The van der Waals surface area contributed by atoms with Crippen molar-refractivity contribution in [2.45, 2.75) is 74.8 Å². The fourth-order valence-corrected chi connectivity index (χ4v) is 6.67. The quantitative estimate of drug-likeness (QED) is 0.687. The van der Waals surface area contributed by atoms with Crippen LogP contribution in [0.1, 0.15) is 56.9 Å². The third-order valence-electron chi connectivity index (χ3n) is 6.78. The third-order valence-corrected chi connectivity index (χ3v) is 8.84. The molecule has 0 aromatic heterocycles. The Kier molecular flexibility index (Phi) is 7.82. The van der Waals surface area contributed by atoms with E-state index in [4.69, 9.17) is 4.99 Å². The van der Waals surface area contributed by atoms with Crippen molar-refractivity contribution >= 4 is 28.3 Å². The van der Waals surface area contributed by atoms with Gasteiger partial charge in [-0.2, -0.15) is 4.31 Å². The molecule has 2 aliphatic heterocycles. The van der Waals surface area contributed by atoms with Crippen molar-refractivity contribution in [2.75, 3.05) is 26.2 Å². The molecule has 0 bridgehead atoms. The number of nitrogens with zero attached hydrogens (tertiary/aromatic N) is 2. The van der Waals surface area contributed by atoms with Gasteiger partial charge in [0.1, 0.15) is 5.84 Å². The second-order valence-electron chi connectivity index (χ2n) is 8.74. The molecule has 1 saturated heterocycles. The van der Waals surface area contributed by atoms with E-state index in [-0.39, 0.29) is 17.9 Å². The van der Waals surface area contributed by atoms with Gasteiger partial charge in [0.25, 0.3) is 0 Å². The summed E-state index contributed by atoms with van der Waals surface area (Å²) in [5.74, 6) is 1.07. The Morgan fingerprint density at radius 3 is 2.43 bits per heavy atom. The van der Waals surface area contributed by atoms with Crippen molar-refractivity contribution in [1.29, 1.82) is 0 Å². The van der Waals surface area contributed by atoms with Crippen molar-refractivity contribution in [1.82, 2.24) is 14.9 Å². The summed E-state index contributed by atoms with van der Waals surface area (Å²) in [6, 6.07) is 7.77. The molecule has 0 atom stereocenters. The van der Waals surface area contributed by atoms with Crippen molar-refractivity contribution in [3.8, 4) is 0 Å². The number of benzene rings is 1. The zero-order valence-corrected chi connectivity index (χ0v) is 19.5. The maximum atomic E-state index is 13.2. The van der Waals surface area contributed by atoms with Crippen LogP contribution in [0, 0.1) is 6.92 Å². The first-order valence-corrected chi connectivity index (χ1v) is 12.6. The largest absolute Gasteiger partial charge is 0.370 e. The van der Waals surface area contributed by atoms with E-state index in [1.54, 1.807) is 16.4 Å². The van der Waals surface area contributed by atoms with Gasteiger partial charge < -0.3 is 10.6 Å². The molecule has 0 amide bonds. The summed E-state index contributed by atoms with van der Waals surface area (Å²) in [6.07, 6.45) is 9.18. The molecular weight excluding hydrogens is 420 g/mol. The van der Waals surface area contributed by atoms with Crippen LogP contribution < -0.4 is 10.6 Å².